The normalized spacial score (nSPS) is 37.5. The van der Waals surface area contributed by atoms with Gasteiger partial charge in [0.15, 0.2) is 0 Å². The van der Waals surface area contributed by atoms with Crippen molar-refractivity contribution in [3.8, 4) is 0 Å². The fraction of sp³-hybridized carbons (Fsp3) is 1.00. The highest BCUT2D eigenvalue weighted by Gasteiger charge is 2.26. The maximum absolute atomic E-state index is 5.58. The number of hydrogen-bond acceptors (Lipinski definition) is 3. The molecule has 0 bridgehead atoms. The lowest BCUT2D eigenvalue weighted by molar-refractivity contribution is 0.110. The van der Waals surface area contributed by atoms with Crippen LogP contribution in [0.5, 0.6) is 0 Å². The molecule has 4 atom stereocenters. The Morgan fingerprint density at radius 2 is 2.25 bits per heavy atom. The van der Waals surface area contributed by atoms with Gasteiger partial charge in [0, 0.05) is 24.7 Å². The van der Waals surface area contributed by atoms with Crippen LogP contribution in [0.2, 0.25) is 0 Å². The molecular formula is C13H26N2O. The summed E-state index contributed by atoms with van der Waals surface area (Å²) in [6, 6.07) is 1.90. The molecule has 2 N–H and O–H groups in total. The van der Waals surface area contributed by atoms with Gasteiger partial charge in [-0.1, -0.05) is 6.42 Å². The second kappa shape index (κ2) is 5.99. The largest absolute Gasteiger partial charge is 0.377 e. The van der Waals surface area contributed by atoms with E-state index in [1.54, 1.807) is 0 Å². The molecule has 0 aliphatic carbocycles. The molecule has 94 valence electrons. The van der Waals surface area contributed by atoms with E-state index in [0.29, 0.717) is 18.2 Å². The first-order valence-corrected chi connectivity index (χ1v) is 6.86. The Balaban J connectivity index is 1.68. The summed E-state index contributed by atoms with van der Waals surface area (Å²) in [5.74, 6) is 0. The summed E-state index contributed by atoms with van der Waals surface area (Å²) in [4.78, 5) is 0. The van der Waals surface area contributed by atoms with Crippen LogP contribution >= 0.6 is 0 Å². The number of ether oxygens (including phenoxy) is 1. The average Bonchev–Trinajstić information content (AvgIpc) is 2.66. The number of nitrogens with one attached hydrogen (secondary N) is 2. The molecule has 0 aromatic heterocycles. The van der Waals surface area contributed by atoms with Crippen molar-refractivity contribution < 1.29 is 4.74 Å². The SMILES string of the molecule is CC(CC1CCCCN1)NC1CCOC1C. The molecule has 2 saturated heterocycles. The lowest BCUT2D eigenvalue weighted by atomic mass is 9.98. The van der Waals surface area contributed by atoms with Gasteiger partial charge in [-0.3, -0.25) is 0 Å². The maximum Gasteiger partial charge on any atom is 0.0700 e. The van der Waals surface area contributed by atoms with E-state index in [2.05, 4.69) is 24.5 Å². The van der Waals surface area contributed by atoms with Crippen LogP contribution in [-0.4, -0.2) is 37.4 Å². The van der Waals surface area contributed by atoms with Crippen molar-refractivity contribution in [2.75, 3.05) is 13.2 Å². The van der Waals surface area contributed by atoms with Gasteiger partial charge in [-0.2, -0.15) is 0 Å². The molecule has 2 heterocycles. The second-order valence-corrected chi connectivity index (χ2v) is 5.42. The average molecular weight is 226 g/mol. The Hall–Kier alpha value is -0.120. The monoisotopic (exact) mass is 226 g/mol. The zero-order valence-electron chi connectivity index (χ0n) is 10.7. The van der Waals surface area contributed by atoms with Crippen molar-refractivity contribution >= 4 is 0 Å². The summed E-state index contributed by atoms with van der Waals surface area (Å²) in [6.07, 6.45) is 6.91. The number of hydrogen-bond donors (Lipinski definition) is 2. The van der Waals surface area contributed by atoms with Crippen LogP contribution in [0.25, 0.3) is 0 Å². The molecular weight excluding hydrogens is 200 g/mol. The van der Waals surface area contributed by atoms with E-state index in [1.165, 1.54) is 38.6 Å². The van der Waals surface area contributed by atoms with Gasteiger partial charge < -0.3 is 15.4 Å². The molecule has 2 aliphatic heterocycles. The zero-order chi connectivity index (χ0) is 11.4. The Morgan fingerprint density at radius 1 is 1.38 bits per heavy atom. The summed E-state index contributed by atoms with van der Waals surface area (Å²) in [5.41, 5.74) is 0. The Labute approximate surface area is 99.3 Å². The van der Waals surface area contributed by atoms with E-state index < -0.39 is 0 Å². The van der Waals surface area contributed by atoms with Gasteiger partial charge in [-0.15, -0.1) is 0 Å². The molecule has 0 amide bonds. The van der Waals surface area contributed by atoms with Crippen LogP contribution in [0.15, 0.2) is 0 Å². The Kier molecular flexibility index (Phi) is 4.62. The van der Waals surface area contributed by atoms with Gasteiger partial charge in [0.2, 0.25) is 0 Å². The quantitative estimate of drug-likeness (QED) is 0.765. The second-order valence-electron chi connectivity index (χ2n) is 5.42. The molecule has 0 aromatic carbocycles. The fourth-order valence-corrected chi connectivity index (χ4v) is 2.94. The topological polar surface area (TPSA) is 33.3 Å². The molecule has 0 aromatic rings. The third-order valence-corrected chi connectivity index (χ3v) is 3.93. The first kappa shape index (κ1) is 12.3. The predicted octanol–water partition coefficient (Wildman–Crippen LogP) is 1.67. The number of piperidine rings is 1. The Morgan fingerprint density at radius 3 is 2.88 bits per heavy atom. The van der Waals surface area contributed by atoms with Crippen LogP contribution in [-0.2, 0) is 4.74 Å². The molecule has 3 heteroatoms. The van der Waals surface area contributed by atoms with Crippen LogP contribution < -0.4 is 10.6 Å². The fourth-order valence-electron chi connectivity index (χ4n) is 2.94. The van der Waals surface area contributed by atoms with Crippen LogP contribution in [0.1, 0.15) is 46.0 Å². The van der Waals surface area contributed by atoms with Gasteiger partial charge in [-0.05, 0) is 46.1 Å². The Bertz CT molecular complexity index is 204. The lowest BCUT2D eigenvalue weighted by Gasteiger charge is -2.28. The van der Waals surface area contributed by atoms with E-state index in [-0.39, 0.29) is 0 Å². The zero-order valence-corrected chi connectivity index (χ0v) is 10.7. The molecule has 16 heavy (non-hydrogen) atoms. The highest BCUT2D eigenvalue weighted by atomic mass is 16.5. The van der Waals surface area contributed by atoms with E-state index in [1.807, 2.05) is 0 Å². The minimum atomic E-state index is 0.391. The van der Waals surface area contributed by atoms with Crippen molar-refractivity contribution in [1.29, 1.82) is 0 Å². The first-order chi connectivity index (χ1) is 7.75. The maximum atomic E-state index is 5.58. The van der Waals surface area contributed by atoms with Crippen molar-refractivity contribution in [1.82, 2.24) is 10.6 Å². The molecule has 3 nitrogen and oxygen atoms in total. The molecule has 2 fully saturated rings. The highest BCUT2D eigenvalue weighted by Crippen LogP contribution is 2.16. The lowest BCUT2D eigenvalue weighted by Crippen LogP contribution is -2.45. The van der Waals surface area contributed by atoms with Crippen molar-refractivity contribution in [3.05, 3.63) is 0 Å². The molecule has 4 unspecified atom stereocenters. The van der Waals surface area contributed by atoms with Gasteiger partial charge in [0.1, 0.15) is 0 Å². The highest BCUT2D eigenvalue weighted by molar-refractivity contribution is 4.84. The summed E-state index contributed by atoms with van der Waals surface area (Å²) in [6.45, 7) is 6.62. The summed E-state index contributed by atoms with van der Waals surface area (Å²) in [5, 5.41) is 7.33. The summed E-state index contributed by atoms with van der Waals surface area (Å²) in [7, 11) is 0. The van der Waals surface area contributed by atoms with Gasteiger partial charge >= 0.3 is 0 Å². The van der Waals surface area contributed by atoms with Crippen LogP contribution in [0.4, 0.5) is 0 Å². The van der Waals surface area contributed by atoms with Crippen molar-refractivity contribution in [3.63, 3.8) is 0 Å². The molecule has 0 saturated carbocycles. The molecule has 2 rings (SSSR count). The van der Waals surface area contributed by atoms with Crippen molar-refractivity contribution in [2.45, 2.75) is 70.2 Å². The van der Waals surface area contributed by atoms with Crippen LogP contribution in [0, 0.1) is 0 Å². The van der Waals surface area contributed by atoms with Crippen molar-refractivity contribution in [2.24, 2.45) is 0 Å². The third kappa shape index (κ3) is 3.44. The minimum absolute atomic E-state index is 0.391. The third-order valence-electron chi connectivity index (χ3n) is 3.93. The molecule has 2 aliphatic rings. The van der Waals surface area contributed by atoms with Gasteiger partial charge in [0.05, 0.1) is 6.10 Å². The smallest absolute Gasteiger partial charge is 0.0700 e. The van der Waals surface area contributed by atoms with E-state index in [9.17, 15) is 0 Å². The standard InChI is InChI=1S/C13H26N2O/c1-10(9-12-5-3-4-7-14-12)15-13-6-8-16-11(13)2/h10-15H,3-9H2,1-2H3. The summed E-state index contributed by atoms with van der Waals surface area (Å²) < 4.78 is 5.58. The van der Waals surface area contributed by atoms with E-state index >= 15 is 0 Å². The summed E-state index contributed by atoms with van der Waals surface area (Å²) >= 11 is 0. The minimum Gasteiger partial charge on any atom is -0.377 e. The van der Waals surface area contributed by atoms with E-state index in [0.717, 1.165) is 12.6 Å². The predicted molar refractivity (Wildman–Crippen MR) is 66.7 cm³/mol. The van der Waals surface area contributed by atoms with Gasteiger partial charge in [0.25, 0.3) is 0 Å². The molecule has 0 radical (unpaired) electrons. The first-order valence-electron chi connectivity index (χ1n) is 6.86. The van der Waals surface area contributed by atoms with Crippen LogP contribution in [0.3, 0.4) is 0 Å². The number of rotatable bonds is 4. The molecule has 0 spiro atoms. The van der Waals surface area contributed by atoms with Gasteiger partial charge in [-0.25, -0.2) is 0 Å². The van der Waals surface area contributed by atoms with E-state index in [4.69, 9.17) is 4.74 Å².